The number of hydrogen-bond acceptors (Lipinski definition) is 8. The lowest BCUT2D eigenvalue weighted by Gasteiger charge is -2.36. The number of nitrogens with zero attached hydrogens (tertiary/aromatic N) is 4. The van der Waals surface area contributed by atoms with Crippen LogP contribution in [0.15, 0.2) is 18.2 Å². The van der Waals surface area contributed by atoms with Gasteiger partial charge in [-0.2, -0.15) is 0 Å². The molecule has 2 atom stereocenters. The summed E-state index contributed by atoms with van der Waals surface area (Å²) in [6, 6.07) is 4.42. The van der Waals surface area contributed by atoms with Crippen LogP contribution in [0, 0.1) is 5.82 Å². The highest BCUT2D eigenvalue weighted by Crippen LogP contribution is 2.29. The molecule has 2 fully saturated rings. The first-order valence-corrected chi connectivity index (χ1v) is 10.7. The molecule has 1 aromatic rings. The number of carbonyl (C=O) groups is 2. The summed E-state index contributed by atoms with van der Waals surface area (Å²) in [5.74, 6) is -0.763. The molecular formula is C20H27FN4O7S. The predicted molar refractivity (Wildman–Crippen MR) is 120 cm³/mol. The molecule has 2 saturated heterocycles. The molecule has 0 radical (unpaired) electrons. The Hall–Kier alpha value is -2.74. The Morgan fingerprint density at radius 1 is 1.36 bits per heavy atom. The van der Waals surface area contributed by atoms with E-state index in [0.717, 1.165) is 0 Å². The van der Waals surface area contributed by atoms with E-state index in [0.29, 0.717) is 37.6 Å². The smallest absolute Gasteiger partial charge is 0.416 e. The Bertz CT molecular complexity index is 884. The molecule has 0 saturated carbocycles. The molecule has 0 spiro atoms. The van der Waals surface area contributed by atoms with Crippen molar-refractivity contribution in [2.45, 2.75) is 12.3 Å². The van der Waals surface area contributed by atoms with Gasteiger partial charge in [0.2, 0.25) is 5.91 Å². The third-order valence-corrected chi connectivity index (χ3v) is 5.78. The molecule has 3 N–H and O–H groups in total. The van der Waals surface area contributed by atoms with Crippen molar-refractivity contribution < 1.29 is 38.8 Å². The number of likely N-dealkylation sites (N-methyl/N-ethyl adjacent to an activating group) is 1. The lowest BCUT2D eigenvalue weighted by molar-refractivity contribution is -0.137. The maximum absolute atomic E-state index is 14.9. The van der Waals surface area contributed by atoms with Gasteiger partial charge in [-0.15, -0.1) is 0 Å². The normalized spacial score (nSPS) is 19.5. The van der Waals surface area contributed by atoms with Crippen LogP contribution in [0.5, 0.6) is 0 Å². The maximum atomic E-state index is 14.9. The van der Waals surface area contributed by atoms with Crippen molar-refractivity contribution in [1.29, 1.82) is 0 Å². The van der Waals surface area contributed by atoms with Crippen LogP contribution >= 0.6 is 12.2 Å². The summed E-state index contributed by atoms with van der Waals surface area (Å²) in [6.07, 6.45) is -2.47. The van der Waals surface area contributed by atoms with Gasteiger partial charge in [-0.25, -0.2) is 9.18 Å². The predicted octanol–water partition coefficient (Wildman–Crippen LogP) is -0.0985. The number of amides is 2. The minimum atomic E-state index is -1.03. The highest BCUT2D eigenvalue weighted by atomic mass is 32.1. The van der Waals surface area contributed by atoms with Gasteiger partial charge in [-0.3, -0.25) is 14.6 Å². The van der Waals surface area contributed by atoms with Crippen molar-refractivity contribution >= 4 is 40.8 Å². The second-order valence-electron chi connectivity index (χ2n) is 7.70. The molecule has 11 nitrogen and oxygen atoms in total. The minimum absolute atomic E-state index is 0.0764. The van der Waals surface area contributed by atoms with Gasteiger partial charge in [0.25, 0.3) is 5.17 Å². The second-order valence-corrected chi connectivity index (χ2v) is 8.06. The van der Waals surface area contributed by atoms with Crippen LogP contribution in [0.4, 0.5) is 20.6 Å². The number of thiocarbonyl (C=S) groups is 1. The molecule has 2 aliphatic rings. The molecule has 33 heavy (non-hydrogen) atoms. The number of ether oxygens (including phenoxy) is 2. The highest BCUT2D eigenvalue weighted by molar-refractivity contribution is 7.79. The van der Waals surface area contributed by atoms with Crippen LogP contribution in [0.1, 0.15) is 0 Å². The number of aliphatic hydroxyl groups excluding tert-OH is 3. The van der Waals surface area contributed by atoms with E-state index in [1.807, 2.05) is 4.90 Å². The number of anilines is 2. The average molecular weight is 487 g/mol. The number of cyclic esters (lactones) is 1. The minimum Gasteiger partial charge on any atom is -0.486 e. The zero-order valence-electron chi connectivity index (χ0n) is 18.1. The summed E-state index contributed by atoms with van der Waals surface area (Å²) in [4.78, 5) is 30.3. The number of hydrogen-bond donors (Lipinski definition) is 3. The molecular weight excluding hydrogens is 459 g/mol. The van der Waals surface area contributed by atoms with Crippen molar-refractivity contribution in [3.63, 3.8) is 0 Å². The van der Waals surface area contributed by atoms with Crippen LogP contribution in [0.25, 0.3) is 0 Å². The van der Waals surface area contributed by atoms with Crippen molar-refractivity contribution in [2.75, 3.05) is 69.4 Å². The third kappa shape index (κ3) is 5.99. The summed E-state index contributed by atoms with van der Waals surface area (Å²) in [7, 11) is 1.49. The second kappa shape index (κ2) is 10.9. The van der Waals surface area contributed by atoms with E-state index < -0.39 is 36.0 Å². The lowest BCUT2D eigenvalue weighted by Crippen LogP contribution is -2.50. The number of carbonyl (C=O) groups excluding carboxylic acids is 2. The monoisotopic (exact) mass is 486 g/mol. The summed E-state index contributed by atoms with van der Waals surface area (Å²) < 4.78 is 25.2. The van der Waals surface area contributed by atoms with Crippen molar-refractivity contribution in [2.24, 2.45) is 0 Å². The van der Waals surface area contributed by atoms with Gasteiger partial charge >= 0.3 is 6.09 Å². The van der Waals surface area contributed by atoms with Crippen LogP contribution in [-0.4, -0.2) is 114 Å². The molecule has 0 aromatic heterocycles. The van der Waals surface area contributed by atoms with Crippen LogP contribution in [0.3, 0.4) is 0 Å². The van der Waals surface area contributed by atoms with Crippen molar-refractivity contribution in [3.05, 3.63) is 24.0 Å². The summed E-state index contributed by atoms with van der Waals surface area (Å²) in [6.45, 7) is 0.870. The Balaban J connectivity index is 1.55. The van der Waals surface area contributed by atoms with Gasteiger partial charge in [0.15, 0.2) is 6.23 Å². The average Bonchev–Trinajstić information content (AvgIpc) is 3.19. The van der Waals surface area contributed by atoms with Gasteiger partial charge < -0.3 is 34.6 Å². The SMILES string of the molecule is CN(C(O)=S)C1CN(c2ccc(N3CCN(C(=O)COCC(O)CO)CC3)c(F)c2)C(=O)O1. The van der Waals surface area contributed by atoms with E-state index in [9.17, 15) is 24.2 Å². The topological polar surface area (TPSA) is 126 Å². The highest BCUT2D eigenvalue weighted by Gasteiger charge is 2.36. The lowest BCUT2D eigenvalue weighted by atomic mass is 10.2. The number of piperazine rings is 1. The maximum Gasteiger partial charge on any atom is 0.416 e. The Morgan fingerprint density at radius 2 is 2.06 bits per heavy atom. The molecule has 2 heterocycles. The first-order valence-electron chi connectivity index (χ1n) is 10.3. The standard InChI is InChI=1S/C20H27FN4O7S/c1-22(20(30)33)18-9-25(19(29)32-18)13-2-3-16(15(21)8-13)23-4-6-24(7-5-23)17(28)12-31-11-14(27)10-26/h2-3,8,14,18,26-27H,4-7,9-12H2,1H3,(H,30,33). The molecule has 182 valence electrons. The van der Waals surface area contributed by atoms with E-state index in [1.54, 1.807) is 17.0 Å². The Morgan fingerprint density at radius 3 is 2.67 bits per heavy atom. The van der Waals surface area contributed by atoms with Gasteiger partial charge in [0.1, 0.15) is 18.5 Å². The van der Waals surface area contributed by atoms with Gasteiger partial charge in [-0.1, -0.05) is 0 Å². The fourth-order valence-electron chi connectivity index (χ4n) is 3.53. The largest absolute Gasteiger partial charge is 0.486 e. The van der Waals surface area contributed by atoms with Crippen molar-refractivity contribution in [1.82, 2.24) is 9.80 Å². The molecule has 13 heteroatoms. The molecule has 0 bridgehead atoms. The molecule has 2 aliphatic heterocycles. The quantitative estimate of drug-likeness (QED) is 0.429. The first-order chi connectivity index (χ1) is 15.7. The summed E-state index contributed by atoms with van der Waals surface area (Å²) in [5.41, 5.74) is 0.669. The zero-order chi connectivity index (χ0) is 24.1. The summed E-state index contributed by atoms with van der Waals surface area (Å²) in [5, 5.41) is 27.0. The first kappa shape index (κ1) is 24.9. The van der Waals surface area contributed by atoms with Gasteiger partial charge in [0.05, 0.1) is 31.1 Å². The molecule has 2 unspecified atom stereocenters. The fraction of sp³-hybridized carbons (Fsp3) is 0.550. The van der Waals surface area contributed by atoms with E-state index in [-0.39, 0.29) is 25.7 Å². The molecule has 0 aliphatic carbocycles. The van der Waals surface area contributed by atoms with E-state index >= 15 is 0 Å². The van der Waals surface area contributed by atoms with E-state index in [2.05, 4.69) is 12.2 Å². The zero-order valence-corrected chi connectivity index (χ0v) is 18.9. The number of rotatable bonds is 8. The fourth-order valence-corrected chi connectivity index (χ4v) is 3.64. The van der Waals surface area contributed by atoms with E-state index in [4.69, 9.17) is 14.6 Å². The van der Waals surface area contributed by atoms with Gasteiger partial charge in [0, 0.05) is 33.2 Å². The van der Waals surface area contributed by atoms with Gasteiger partial charge in [-0.05, 0) is 30.4 Å². The van der Waals surface area contributed by atoms with Crippen LogP contribution in [-0.2, 0) is 14.3 Å². The van der Waals surface area contributed by atoms with Crippen molar-refractivity contribution in [3.8, 4) is 0 Å². The molecule has 2 amide bonds. The summed E-state index contributed by atoms with van der Waals surface area (Å²) >= 11 is 4.67. The van der Waals surface area contributed by atoms with Crippen LogP contribution in [0.2, 0.25) is 0 Å². The molecule has 3 rings (SSSR count). The number of aliphatic hydroxyl groups is 3. The Labute approximate surface area is 195 Å². The van der Waals surface area contributed by atoms with E-state index in [1.165, 1.54) is 22.9 Å². The Kier molecular flexibility index (Phi) is 8.24. The number of benzene rings is 1. The van der Waals surface area contributed by atoms with Crippen LogP contribution < -0.4 is 9.80 Å². The number of halogens is 1. The molecule has 1 aromatic carbocycles. The third-order valence-electron chi connectivity index (χ3n) is 5.49.